The molecule has 1 aliphatic carbocycles. The molecule has 0 unspecified atom stereocenters. The van der Waals surface area contributed by atoms with Crippen molar-refractivity contribution < 1.29 is 5.11 Å². The van der Waals surface area contributed by atoms with Crippen LogP contribution in [-0.2, 0) is 6.54 Å². The second-order valence-corrected chi connectivity index (χ2v) is 9.68. The summed E-state index contributed by atoms with van der Waals surface area (Å²) in [5, 5.41) is 18.2. The van der Waals surface area contributed by atoms with Crippen molar-refractivity contribution in [2.45, 2.75) is 64.6 Å². The summed E-state index contributed by atoms with van der Waals surface area (Å²) in [6.07, 6.45) is 8.70. The Bertz CT molecular complexity index is 1090. The summed E-state index contributed by atoms with van der Waals surface area (Å²) in [5.74, 6) is 1.28. The fourth-order valence-electron chi connectivity index (χ4n) is 4.10. The molecule has 0 aliphatic heterocycles. The van der Waals surface area contributed by atoms with Crippen LogP contribution in [0, 0.1) is 13.8 Å². The summed E-state index contributed by atoms with van der Waals surface area (Å²) >= 11 is 1.39. The molecule has 33 heavy (non-hydrogen) atoms. The zero-order valence-corrected chi connectivity index (χ0v) is 20.2. The normalized spacial score (nSPS) is 20.3. The largest absolute Gasteiger partial charge is 0.390 e. The van der Waals surface area contributed by atoms with Crippen molar-refractivity contribution in [1.82, 2.24) is 19.3 Å². The summed E-state index contributed by atoms with van der Waals surface area (Å²) in [4.78, 5) is 15.9. The Kier molecular flexibility index (Phi) is 6.90. The van der Waals surface area contributed by atoms with Gasteiger partial charge in [0.25, 0.3) is 0 Å². The lowest BCUT2D eigenvalue weighted by atomic mass is 9.83. The van der Waals surface area contributed by atoms with Crippen molar-refractivity contribution in [3.05, 3.63) is 60.3 Å². The Hall–Kier alpha value is -3.04. The summed E-state index contributed by atoms with van der Waals surface area (Å²) < 4.78 is 4.33. The maximum atomic E-state index is 10.4. The van der Waals surface area contributed by atoms with E-state index in [9.17, 15) is 5.11 Å². The smallest absolute Gasteiger partial charge is 0.230 e. The quantitative estimate of drug-likeness (QED) is 0.430. The van der Waals surface area contributed by atoms with Gasteiger partial charge in [-0.3, -0.25) is 4.98 Å². The molecule has 3 aromatic rings. The number of pyridine rings is 1. The van der Waals surface area contributed by atoms with Gasteiger partial charge in [-0.05, 0) is 81.9 Å². The second kappa shape index (κ2) is 9.84. The molecule has 0 radical (unpaired) electrons. The number of aliphatic hydroxyl groups is 1. The number of aromatic nitrogens is 4. The Morgan fingerprint density at radius 3 is 2.73 bits per heavy atom. The summed E-state index contributed by atoms with van der Waals surface area (Å²) in [6.45, 7) is 10.5. The van der Waals surface area contributed by atoms with Crippen molar-refractivity contribution in [1.29, 1.82) is 0 Å². The van der Waals surface area contributed by atoms with Gasteiger partial charge in [0.05, 0.1) is 17.0 Å². The molecule has 9 heteroatoms. The van der Waals surface area contributed by atoms with E-state index in [1.54, 1.807) is 12.4 Å². The van der Waals surface area contributed by atoms with Crippen LogP contribution in [0.3, 0.4) is 0 Å². The molecule has 3 aromatic heterocycles. The molecule has 8 nitrogen and oxygen atoms in total. The molecule has 0 saturated heterocycles. The molecule has 3 N–H and O–H groups in total. The van der Waals surface area contributed by atoms with Gasteiger partial charge in [-0.1, -0.05) is 12.6 Å². The van der Waals surface area contributed by atoms with Gasteiger partial charge >= 0.3 is 0 Å². The van der Waals surface area contributed by atoms with E-state index < -0.39 is 5.60 Å². The van der Waals surface area contributed by atoms with Crippen LogP contribution in [0.5, 0.6) is 0 Å². The monoisotopic (exact) mass is 465 g/mol. The molecule has 0 aromatic carbocycles. The third-order valence-electron chi connectivity index (χ3n) is 5.91. The standard InChI is InChI=1S/C24H31N7OS/c1-5-31(15-18-7-6-12-25-14-18)21-17(3)26-23(28-20-13-16(2)30-33-20)29-22(21)27-19-8-10-24(4,32)11-9-19/h5-7,12-14,19,32H,1,8-11,15H2,2-4H3,(H2,26,27,28,29). The van der Waals surface area contributed by atoms with Crippen molar-refractivity contribution in [2.24, 2.45) is 0 Å². The fraction of sp³-hybridized carbons (Fsp3) is 0.417. The first-order valence-corrected chi connectivity index (χ1v) is 12.0. The molecular weight excluding hydrogens is 434 g/mol. The van der Waals surface area contributed by atoms with Crippen LogP contribution < -0.4 is 15.5 Å². The third kappa shape index (κ3) is 5.85. The summed E-state index contributed by atoms with van der Waals surface area (Å²) in [5.41, 5.74) is 3.16. The van der Waals surface area contributed by atoms with Gasteiger partial charge < -0.3 is 20.6 Å². The molecule has 4 rings (SSSR count). The molecule has 3 heterocycles. The molecule has 0 spiro atoms. The van der Waals surface area contributed by atoms with Crippen molar-refractivity contribution in [2.75, 3.05) is 15.5 Å². The Labute approximate surface area is 199 Å². The molecule has 174 valence electrons. The minimum atomic E-state index is -0.590. The van der Waals surface area contributed by atoms with Crippen LogP contribution in [0.2, 0.25) is 0 Å². The predicted molar refractivity (Wildman–Crippen MR) is 134 cm³/mol. The predicted octanol–water partition coefficient (Wildman–Crippen LogP) is 4.94. The number of nitrogens with one attached hydrogen (secondary N) is 2. The first kappa shape index (κ1) is 23.1. The minimum absolute atomic E-state index is 0.224. The zero-order chi connectivity index (χ0) is 23.4. The highest BCUT2D eigenvalue weighted by atomic mass is 32.1. The first-order chi connectivity index (χ1) is 15.8. The number of hydrogen-bond acceptors (Lipinski definition) is 9. The topological polar surface area (TPSA) is 99.1 Å². The molecule has 0 atom stereocenters. The number of rotatable bonds is 8. The van der Waals surface area contributed by atoms with Crippen molar-refractivity contribution in [3.63, 3.8) is 0 Å². The van der Waals surface area contributed by atoms with Gasteiger partial charge in [0.15, 0.2) is 5.82 Å². The van der Waals surface area contributed by atoms with E-state index in [0.29, 0.717) is 12.5 Å². The maximum Gasteiger partial charge on any atom is 0.230 e. The second-order valence-electron chi connectivity index (χ2n) is 8.87. The van der Waals surface area contributed by atoms with E-state index >= 15 is 0 Å². The van der Waals surface area contributed by atoms with Crippen LogP contribution in [0.15, 0.2) is 43.4 Å². The Morgan fingerprint density at radius 1 is 1.30 bits per heavy atom. The zero-order valence-electron chi connectivity index (χ0n) is 19.4. The van der Waals surface area contributed by atoms with E-state index in [2.05, 4.69) is 26.6 Å². The van der Waals surface area contributed by atoms with Gasteiger partial charge in [-0.2, -0.15) is 9.36 Å². The average molecular weight is 466 g/mol. The van der Waals surface area contributed by atoms with Gasteiger partial charge in [0.2, 0.25) is 5.95 Å². The molecule has 1 saturated carbocycles. The number of nitrogens with zero attached hydrogens (tertiary/aromatic N) is 5. The number of anilines is 4. The van der Waals surface area contributed by atoms with Crippen LogP contribution in [0.25, 0.3) is 0 Å². The molecule has 0 bridgehead atoms. The number of aryl methyl sites for hydroxylation is 2. The van der Waals surface area contributed by atoms with Crippen LogP contribution in [0.1, 0.15) is 49.6 Å². The fourth-order valence-corrected chi connectivity index (χ4v) is 4.76. The van der Waals surface area contributed by atoms with Crippen LogP contribution >= 0.6 is 11.5 Å². The molecule has 0 amide bonds. The van der Waals surface area contributed by atoms with Crippen LogP contribution in [0.4, 0.5) is 22.5 Å². The molecule has 1 aliphatic rings. The molecular formula is C24H31N7OS. The van der Waals surface area contributed by atoms with Crippen LogP contribution in [-0.4, -0.2) is 36.1 Å². The van der Waals surface area contributed by atoms with E-state index in [4.69, 9.17) is 9.97 Å². The number of hydrogen-bond donors (Lipinski definition) is 3. The highest BCUT2D eigenvalue weighted by Crippen LogP contribution is 2.35. The van der Waals surface area contributed by atoms with E-state index in [0.717, 1.165) is 59.1 Å². The third-order valence-corrected chi connectivity index (χ3v) is 6.70. The SMILES string of the molecule is C=CN(Cc1cccnc1)c1c(C)nc(Nc2cc(C)ns2)nc1NC1CCC(C)(O)CC1. The Balaban J connectivity index is 1.66. The van der Waals surface area contributed by atoms with Gasteiger partial charge in [0.1, 0.15) is 10.7 Å². The van der Waals surface area contributed by atoms with E-state index in [-0.39, 0.29) is 6.04 Å². The van der Waals surface area contributed by atoms with Gasteiger partial charge in [-0.25, -0.2) is 4.98 Å². The maximum absolute atomic E-state index is 10.4. The minimum Gasteiger partial charge on any atom is -0.390 e. The average Bonchev–Trinajstić information content (AvgIpc) is 3.19. The lowest BCUT2D eigenvalue weighted by Gasteiger charge is -2.34. The van der Waals surface area contributed by atoms with Crippen molar-refractivity contribution in [3.8, 4) is 0 Å². The van der Waals surface area contributed by atoms with E-state index in [1.807, 2.05) is 50.1 Å². The highest BCUT2D eigenvalue weighted by Gasteiger charge is 2.30. The van der Waals surface area contributed by atoms with Gasteiger partial charge in [-0.15, -0.1) is 0 Å². The highest BCUT2D eigenvalue weighted by molar-refractivity contribution is 7.10. The Morgan fingerprint density at radius 2 is 2.09 bits per heavy atom. The van der Waals surface area contributed by atoms with Gasteiger partial charge in [0, 0.05) is 25.0 Å². The van der Waals surface area contributed by atoms with E-state index in [1.165, 1.54) is 11.5 Å². The summed E-state index contributed by atoms with van der Waals surface area (Å²) in [7, 11) is 0. The summed E-state index contributed by atoms with van der Waals surface area (Å²) in [6, 6.07) is 6.17. The first-order valence-electron chi connectivity index (χ1n) is 11.2. The lowest BCUT2D eigenvalue weighted by molar-refractivity contribution is 0.0196. The lowest BCUT2D eigenvalue weighted by Crippen LogP contribution is -2.36. The molecule has 1 fully saturated rings. The van der Waals surface area contributed by atoms with Crippen molar-refractivity contribution >= 4 is 34.0 Å².